The van der Waals surface area contributed by atoms with Crippen LogP contribution in [0.1, 0.15) is 33.5 Å². The number of hydrogen-bond donors (Lipinski definition) is 0. The summed E-state index contributed by atoms with van der Waals surface area (Å²) in [4.78, 5) is 14.7. The van der Waals surface area contributed by atoms with E-state index < -0.39 is 5.41 Å². The molecule has 4 heteroatoms. The minimum atomic E-state index is -0.573. The first-order valence-electron chi connectivity index (χ1n) is 18.9. The van der Waals surface area contributed by atoms with E-state index in [1.54, 1.807) is 0 Å². The topological polar surface area (TPSA) is 43.6 Å². The molecule has 0 bridgehead atoms. The molecule has 0 amide bonds. The van der Waals surface area contributed by atoms with Gasteiger partial charge in [0.1, 0.15) is 0 Å². The minimum Gasteiger partial charge on any atom is -0.309 e. The molecule has 56 heavy (non-hydrogen) atoms. The van der Waals surface area contributed by atoms with E-state index in [2.05, 4.69) is 139 Å². The first-order chi connectivity index (χ1) is 27.7. The SMILES string of the molecule is C=Cc1c(C=C)n2c3c(cccc13)C(c1ccccc1)(c1ccc(-c3ccc(-c4nc(-c5ccccc5)nc(-c5ccccc5)n4)cc3)cc1)c1ccccc1-2. The Labute approximate surface area is 326 Å². The van der Waals surface area contributed by atoms with Crippen LogP contribution in [0.15, 0.2) is 195 Å². The maximum absolute atomic E-state index is 4.94. The van der Waals surface area contributed by atoms with Crippen LogP contribution in [0.2, 0.25) is 0 Å². The van der Waals surface area contributed by atoms with Crippen LogP contribution in [0.5, 0.6) is 0 Å². The molecule has 0 spiro atoms. The standard InChI is InChI=1S/C52H36N4/c1-3-42-43-23-16-25-45-48(43)56(46(42)4-2)47-26-15-14-24-44(47)52(45,40-21-12-7-13-22-40)41-33-31-36(32-34-41)35-27-29-39(30-28-35)51-54-49(37-17-8-5-9-18-37)53-50(55-51)38-19-10-6-11-20-38/h3-34H,1-2H2. The number of aromatic nitrogens is 4. The van der Waals surface area contributed by atoms with Crippen molar-refractivity contribution in [2.45, 2.75) is 5.41 Å². The third kappa shape index (κ3) is 5.11. The van der Waals surface area contributed by atoms with Gasteiger partial charge in [0.2, 0.25) is 0 Å². The first-order valence-corrected chi connectivity index (χ1v) is 18.9. The molecule has 0 saturated carbocycles. The van der Waals surface area contributed by atoms with E-state index in [0.29, 0.717) is 17.5 Å². The number of benzene rings is 7. The van der Waals surface area contributed by atoms with E-state index in [-0.39, 0.29) is 0 Å². The van der Waals surface area contributed by atoms with Crippen LogP contribution in [0.25, 0.3) is 74.0 Å². The predicted octanol–water partition coefficient (Wildman–Crippen LogP) is 12.5. The molecule has 2 aromatic heterocycles. The van der Waals surface area contributed by atoms with E-state index in [9.17, 15) is 0 Å². The molecular weight excluding hydrogens is 681 g/mol. The van der Waals surface area contributed by atoms with Crippen molar-refractivity contribution < 1.29 is 0 Å². The van der Waals surface area contributed by atoms with Gasteiger partial charge >= 0.3 is 0 Å². The van der Waals surface area contributed by atoms with Gasteiger partial charge in [-0.3, -0.25) is 0 Å². The van der Waals surface area contributed by atoms with Crippen molar-refractivity contribution in [2.75, 3.05) is 0 Å². The maximum Gasteiger partial charge on any atom is 0.164 e. The van der Waals surface area contributed by atoms with Gasteiger partial charge < -0.3 is 4.57 Å². The fourth-order valence-corrected chi connectivity index (χ4v) is 8.62. The van der Waals surface area contributed by atoms with Gasteiger partial charge in [0, 0.05) is 27.6 Å². The molecule has 0 fully saturated rings. The van der Waals surface area contributed by atoms with Crippen molar-refractivity contribution in [3.8, 4) is 51.0 Å². The molecule has 3 heterocycles. The third-order valence-electron chi connectivity index (χ3n) is 11.1. The second-order valence-electron chi connectivity index (χ2n) is 14.1. The zero-order chi connectivity index (χ0) is 37.6. The average Bonchev–Trinajstić information content (AvgIpc) is 3.62. The summed E-state index contributed by atoms with van der Waals surface area (Å²) in [5.41, 5.74) is 13.8. The lowest BCUT2D eigenvalue weighted by atomic mass is 9.63. The van der Waals surface area contributed by atoms with Gasteiger partial charge in [-0.15, -0.1) is 0 Å². The first kappa shape index (κ1) is 33.2. The van der Waals surface area contributed by atoms with Gasteiger partial charge in [-0.25, -0.2) is 15.0 Å². The summed E-state index contributed by atoms with van der Waals surface area (Å²) in [6.45, 7) is 8.46. The molecule has 0 N–H and O–H groups in total. The highest BCUT2D eigenvalue weighted by Gasteiger charge is 2.45. The van der Waals surface area contributed by atoms with Crippen molar-refractivity contribution in [3.05, 3.63) is 229 Å². The minimum absolute atomic E-state index is 0.573. The monoisotopic (exact) mass is 716 g/mol. The zero-order valence-electron chi connectivity index (χ0n) is 30.7. The van der Waals surface area contributed by atoms with Gasteiger partial charge in [-0.1, -0.05) is 195 Å². The van der Waals surface area contributed by atoms with Crippen molar-refractivity contribution in [2.24, 2.45) is 0 Å². The van der Waals surface area contributed by atoms with E-state index >= 15 is 0 Å². The number of para-hydroxylation sites is 2. The van der Waals surface area contributed by atoms with Crippen LogP contribution < -0.4 is 0 Å². The molecular formula is C52H36N4. The smallest absolute Gasteiger partial charge is 0.164 e. The van der Waals surface area contributed by atoms with E-state index in [1.807, 2.05) is 72.8 Å². The summed E-state index contributed by atoms with van der Waals surface area (Å²) in [5, 5.41) is 1.17. The Hall–Kier alpha value is -7.43. The molecule has 1 aliphatic rings. The third-order valence-corrected chi connectivity index (χ3v) is 11.1. The van der Waals surface area contributed by atoms with E-state index in [4.69, 9.17) is 15.0 Å². The molecule has 0 radical (unpaired) electrons. The second-order valence-corrected chi connectivity index (χ2v) is 14.1. The quantitative estimate of drug-likeness (QED) is 0.157. The summed E-state index contributed by atoms with van der Waals surface area (Å²) in [6.07, 6.45) is 3.92. The van der Waals surface area contributed by atoms with Crippen LogP contribution in [-0.2, 0) is 5.41 Å². The van der Waals surface area contributed by atoms with Gasteiger partial charge in [0.25, 0.3) is 0 Å². The van der Waals surface area contributed by atoms with Gasteiger partial charge in [-0.05, 0) is 45.5 Å². The number of hydrogen-bond acceptors (Lipinski definition) is 3. The Balaban J connectivity index is 1.09. The lowest BCUT2D eigenvalue weighted by molar-refractivity contribution is 0.724. The highest BCUT2D eigenvalue weighted by Crippen LogP contribution is 2.54. The maximum atomic E-state index is 4.94. The lowest BCUT2D eigenvalue weighted by Crippen LogP contribution is -2.35. The Morgan fingerprint density at radius 2 is 0.875 bits per heavy atom. The molecule has 1 aliphatic heterocycles. The van der Waals surface area contributed by atoms with Crippen LogP contribution in [0.4, 0.5) is 0 Å². The highest BCUT2D eigenvalue weighted by molar-refractivity contribution is 6.00. The average molecular weight is 717 g/mol. The summed E-state index contributed by atoms with van der Waals surface area (Å²) in [6, 6.07) is 64.2. The molecule has 0 saturated heterocycles. The number of fused-ring (bicyclic) bond motifs is 2. The number of nitrogens with zero attached hydrogens (tertiary/aromatic N) is 4. The van der Waals surface area contributed by atoms with Crippen molar-refractivity contribution in [1.82, 2.24) is 19.5 Å². The van der Waals surface area contributed by atoms with E-state index in [1.165, 1.54) is 33.2 Å². The Bertz CT molecular complexity index is 2850. The Morgan fingerprint density at radius 3 is 1.45 bits per heavy atom. The van der Waals surface area contributed by atoms with E-state index in [0.717, 1.165) is 44.8 Å². The molecule has 264 valence electrons. The van der Waals surface area contributed by atoms with Gasteiger partial charge in [0.15, 0.2) is 17.5 Å². The van der Waals surface area contributed by atoms with Crippen LogP contribution in [0, 0.1) is 0 Å². The van der Waals surface area contributed by atoms with Crippen molar-refractivity contribution in [1.29, 1.82) is 0 Å². The molecule has 10 rings (SSSR count). The summed E-state index contributed by atoms with van der Waals surface area (Å²) in [5.74, 6) is 1.93. The molecule has 9 aromatic rings. The second kappa shape index (κ2) is 13.5. The fourth-order valence-electron chi connectivity index (χ4n) is 8.62. The van der Waals surface area contributed by atoms with Crippen LogP contribution in [-0.4, -0.2) is 19.5 Å². The fraction of sp³-hybridized carbons (Fsp3) is 0.0192. The molecule has 4 nitrogen and oxygen atoms in total. The lowest BCUT2D eigenvalue weighted by Gasteiger charge is -2.42. The molecule has 1 unspecified atom stereocenters. The highest BCUT2D eigenvalue weighted by atomic mass is 15.0. The van der Waals surface area contributed by atoms with Crippen molar-refractivity contribution >= 4 is 23.1 Å². The van der Waals surface area contributed by atoms with Crippen LogP contribution in [0.3, 0.4) is 0 Å². The normalized spacial score (nSPS) is 14.3. The van der Waals surface area contributed by atoms with Gasteiger partial charge in [-0.2, -0.15) is 0 Å². The summed E-state index contributed by atoms with van der Waals surface area (Å²) in [7, 11) is 0. The molecule has 0 aliphatic carbocycles. The van der Waals surface area contributed by atoms with Crippen LogP contribution >= 0.6 is 0 Å². The number of rotatable bonds is 8. The Morgan fingerprint density at radius 1 is 0.411 bits per heavy atom. The predicted molar refractivity (Wildman–Crippen MR) is 230 cm³/mol. The zero-order valence-corrected chi connectivity index (χ0v) is 30.7. The molecule has 7 aromatic carbocycles. The Kier molecular flexibility index (Phi) is 7.97. The molecule has 1 atom stereocenters. The summed E-state index contributed by atoms with van der Waals surface area (Å²) >= 11 is 0. The largest absolute Gasteiger partial charge is 0.309 e. The summed E-state index contributed by atoms with van der Waals surface area (Å²) < 4.78 is 2.37. The van der Waals surface area contributed by atoms with Gasteiger partial charge in [0.05, 0.1) is 22.3 Å². The van der Waals surface area contributed by atoms with Crippen molar-refractivity contribution in [3.63, 3.8) is 0 Å².